The zero-order chi connectivity index (χ0) is 16.1. The molecule has 0 fully saturated rings. The average molecular weight is 310 g/mol. The van der Waals surface area contributed by atoms with E-state index >= 15 is 0 Å². The van der Waals surface area contributed by atoms with Gasteiger partial charge in [0.25, 0.3) is 0 Å². The molecule has 0 aromatic heterocycles. The van der Waals surface area contributed by atoms with Crippen LogP contribution in [0, 0.1) is 0 Å². The largest absolute Gasteiger partial charge is 0.480 e. The monoisotopic (exact) mass is 310 g/mol. The van der Waals surface area contributed by atoms with E-state index in [0.29, 0.717) is 0 Å². The van der Waals surface area contributed by atoms with Gasteiger partial charge >= 0.3 is 18.0 Å². The number of carboxylic acids is 2. The molecular weight excluding hydrogens is 292 g/mol. The maximum absolute atomic E-state index is 11.3. The second kappa shape index (κ2) is 12.0. The van der Waals surface area contributed by atoms with Crippen molar-refractivity contribution in [3.8, 4) is 0 Å². The molecule has 1 atom stereocenters. The number of carbonyl (C=O) groups is 4. The number of carboxylic acid groups (broad SMARTS) is 2. The van der Waals surface area contributed by atoms with E-state index in [0.717, 1.165) is 0 Å². The second-order valence-electron chi connectivity index (χ2n) is 3.17. The highest BCUT2D eigenvalue weighted by Gasteiger charge is 2.18. The molecule has 0 aromatic rings. The Bertz CT molecular complexity index is 351. The minimum atomic E-state index is -1.15. The predicted octanol–water partition coefficient (Wildman–Crippen LogP) is -2.56. The molecule has 0 aliphatic carbocycles. The van der Waals surface area contributed by atoms with Crippen LogP contribution < -0.4 is 21.7 Å². The third kappa shape index (κ3) is 12.4. The van der Waals surface area contributed by atoms with Gasteiger partial charge in [-0.05, 0) is 0 Å². The third-order valence-electron chi connectivity index (χ3n) is 1.62. The van der Waals surface area contributed by atoms with Gasteiger partial charge in [0.1, 0.15) is 12.6 Å². The Balaban J connectivity index is 0. The van der Waals surface area contributed by atoms with Crippen molar-refractivity contribution < 1.29 is 29.4 Å². The Hall–Kier alpha value is -2.01. The molecule has 20 heavy (non-hydrogen) atoms. The number of hydrogen-bond donors (Lipinski definition) is 7. The van der Waals surface area contributed by atoms with E-state index in [2.05, 4.69) is 34.3 Å². The van der Waals surface area contributed by atoms with Crippen molar-refractivity contribution in [2.75, 3.05) is 25.9 Å². The highest BCUT2D eigenvalue weighted by atomic mass is 32.1. The van der Waals surface area contributed by atoms with Gasteiger partial charge in [0.05, 0.1) is 6.54 Å². The highest BCUT2D eigenvalue weighted by Crippen LogP contribution is 1.88. The summed E-state index contributed by atoms with van der Waals surface area (Å²) in [7, 11) is 1.40. The molecule has 0 aliphatic rings. The topological polar surface area (TPSA) is 171 Å². The van der Waals surface area contributed by atoms with E-state index in [1.807, 2.05) is 0 Å². The summed E-state index contributed by atoms with van der Waals surface area (Å²) in [6.07, 6.45) is 0. The summed E-state index contributed by atoms with van der Waals surface area (Å²) >= 11 is 3.86. The summed E-state index contributed by atoms with van der Waals surface area (Å²) in [5.41, 5.74) is 4.57. The normalized spacial score (nSPS) is 10.3. The summed E-state index contributed by atoms with van der Waals surface area (Å²) in [6, 6.07) is -1.38. The lowest BCUT2D eigenvalue weighted by Gasteiger charge is -2.15. The van der Waals surface area contributed by atoms with Crippen LogP contribution in [0.4, 0.5) is 4.79 Å². The van der Waals surface area contributed by atoms with Crippen LogP contribution in [0.3, 0.4) is 0 Å². The second-order valence-corrected chi connectivity index (χ2v) is 3.53. The number of hydrogen-bond acceptors (Lipinski definition) is 6. The van der Waals surface area contributed by atoms with Crippen molar-refractivity contribution >= 4 is 36.5 Å². The fourth-order valence-electron chi connectivity index (χ4n) is 0.710. The average Bonchev–Trinajstić information content (AvgIpc) is 2.42. The number of aliphatic carboxylic acids is 2. The van der Waals surface area contributed by atoms with Crippen molar-refractivity contribution in [2.45, 2.75) is 6.04 Å². The van der Waals surface area contributed by atoms with E-state index < -0.39 is 36.5 Å². The minimum Gasteiger partial charge on any atom is -0.480 e. The first kappa shape index (κ1) is 20.3. The first-order valence-electron chi connectivity index (χ1n) is 5.28. The molecule has 116 valence electrons. The molecule has 7 N–H and O–H groups in total. The van der Waals surface area contributed by atoms with Gasteiger partial charge in [0.15, 0.2) is 0 Å². The molecule has 10 nitrogen and oxygen atoms in total. The number of carbonyl (C=O) groups excluding carboxylic acids is 2. The van der Waals surface area contributed by atoms with E-state index in [1.54, 1.807) is 0 Å². The predicted molar refractivity (Wildman–Crippen MR) is 72.6 cm³/mol. The SMILES string of the molecule is CNC(=O)NC(CS)C(=O)NCC(=O)O.NCC(=O)O. The Morgan fingerprint density at radius 1 is 1.20 bits per heavy atom. The van der Waals surface area contributed by atoms with Gasteiger partial charge in [-0.25, -0.2) is 4.79 Å². The number of thiol groups is 1. The van der Waals surface area contributed by atoms with Crippen LogP contribution in [0.25, 0.3) is 0 Å². The van der Waals surface area contributed by atoms with E-state index in [9.17, 15) is 19.2 Å². The number of urea groups is 1. The van der Waals surface area contributed by atoms with Gasteiger partial charge < -0.3 is 31.9 Å². The van der Waals surface area contributed by atoms with Gasteiger partial charge in [-0.15, -0.1) is 0 Å². The molecule has 1 unspecified atom stereocenters. The number of rotatable bonds is 6. The number of nitrogens with two attached hydrogens (primary N) is 1. The summed E-state index contributed by atoms with van der Waals surface area (Å²) in [6.45, 7) is -0.765. The summed E-state index contributed by atoms with van der Waals surface area (Å²) < 4.78 is 0. The molecule has 0 radical (unpaired) electrons. The molecule has 0 aromatic carbocycles. The molecule has 0 heterocycles. The zero-order valence-electron chi connectivity index (χ0n) is 10.8. The summed E-state index contributed by atoms with van der Waals surface area (Å²) in [4.78, 5) is 41.5. The van der Waals surface area contributed by atoms with E-state index in [1.165, 1.54) is 7.05 Å². The minimum absolute atomic E-state index is 0.0822. The fraction of sp³-hybridized carbons (Fsp3) is 0.556. The molecule has 0 saturated carbocycles. The first-order valence-corrected chi connectivity index (χ1v) is 5.92. The third-order valence-corrected chi connectivity index (χ3v) is 1.99. The van der Waals surface area contributed by atoms with Crippen LogP contribution in [0.2, 0.25) is 0 Å². The fourth-order valence-corrected chi connectivity index (χ4v) is 0.968. The molecular formula is C9H18N4O6S. The van der Waals surface area contributed by atoms with Crippen molar-refractivity contribution in [1.82, 2.24) is 16.0 Å². The maximum Gasteiger partial charge on any atom is 0.322 e. The maximum atomic E-state index is 11.3. The zero-order valence-corrected chi connectivity index (χ0v) is 11.6. The molecule has 0 aliphatic heterocycles. The molecule has 0 spiro atoms. The lowest BCUT2D eigenvalue weighted by Crippen LogP contribution is -2.51. The van der Waals surface area contributed by atoms with Crippen LogP contribution in [-0.2, 0) is 14.4 Å². The highest BCUT2D eigenvalue weighted by molar-refractivity contribution is 7.80. The summed E-state index contributed by atoms with van der Waals surface area (Å²) in [5.74, 6) is -2.62. The Labute approximate surface area is 120 Å². The standard InChI is InChI=1S/C7H13N3O4S.C2H5NO2/c1-8-7(14)10-4(3-15)6(13)9-2-5(11)12;3-1-2(4)5/h4,15H,2-3H2,1H3,(H,9,13)(H,11,12)(H2,8,10,14);1,3H2,(H,4,5). The first-order chi connectivity index (χ1) is 9.28. The van der Waals surface area contributed by atoms with Gasteiger partial charge in [-0.2, -0.15) is 12.6 Å². The van der Waals surface area contributed by atoms with Crippen LogP contribution in [0.15, 0.2) is 0 Å². The number of nitrogens with one attached hydrogen (secondary N) is 3. The van der Waals surface area contributed by atoms with Crippen molar-refractivity contribution in [3.05, 3.63) is 0 Å². The smallest absolute Gasteiger partial charge is 0.322 e. The summed E-state index contributed by atoms with van der Waals surface area (Å²) in [5, 5.41) is 22.6. The van der Waals surface area contributed by atoms with Gasteiger partial charge in [0.2, 0.25) is 5.91 Å². The molecule has 0 bridgehead atoms. The van der Waals surface area contributed by atoms with E-state index in [4.69, 9.17) is 10.2 Å². The lowest BCUT2D eigenvalue weighted by atomic mass is 10.3. The molecule has 0 rings (SSSR count). The van der Waals surface area contributed by atoms with Crippen molar-refractivity contribution in [2.24, 2.45) is 5.73 Å². The van der Waals surface area contributed by atoms with Gasteiger partial charge in [-0.1, -0.05) is 0 Å². The Morgan fingerprint density at radius 3 is 2.00 bits per heavy atom. The lowest BCUT2D eigenvalue weighted by molar-refractivity contribution is -0.138. The van der Waals surface area contributed by atoms with Gasteiger partial charge in [-0.3, -0.25) is 14.4 Å². The van der Waals surface area contributed by atoms with E-state index in [-0.39, 0.29) is 12.3 Å². The van der Waals surface area contributed by atoms with Crippen LogP contribution in [-0.4, -0.2) is 66.0 Å². The number of amides is 3. The Kier molecular flexibility index (Phi) is 12.2. The Morgan fingerprint density at radius 2 is 1.70 bits per heavy atom. The van der Waals surface area contributed by atoms with Crippen LogP contribution >= 0.6 is 12.6 Å². The van der Waals surface area contributed by atoms with Gasteiger partial charge in [0, 0.05) is 12.8 Å². The van der Waals surface area contributed by atoms with Crippen LogP contribution in [0.1, 0.15) is 0 Å². The molecule has 3 amide bonds. The quantitative estimate of drug-likeness (QED) is 0.264. The molecule has 0 saturated heterocycles. The van der Waals surface area contributed by atoms with Crippen LogP contribution in [0.5, 0.6) is 0 Å². The van der Waals surface area contributed by atoms with Crippen molar-refractivity contribution in [3.63, 3.8) is 0 Å². The van der Waals surface area contributed by atoms with Crippen molar-refractivity contribution in [1.29, 1.82) is 0 Å². The molecule has 11 heteroatoms.